The van der Waals surface area contributed by atoms with Crippen molar-refractivity contribution in [3.63, 3.8) is 0 Å². The molecule has 0 radical (unpaired) electrons. The lowest BCUT2D eigenvalue weighted by atomic mass is 10.3. The molecule has 110 valence electrons. The first-order valence-electron chi connectivity index (χ1n) is 5.60. The van der Waals surface area contributed by atoms with Gasteiger partial charge in [0, 0.05) is 26.2 Å². The zero-order valence-corrected chi connectivity index (χ0v) is 11.3. The number of piperazine rings is 1. The van der Waals surface area contributed by atoms with E-state index in [2.05, 4.69) is 5.32 Å². The number of carbonyl (C=O) groups excluding carboxylic acids is 1. The molecule has 1 aliphatic rings. The number of aliphatic hydroxyl groups excluding tert-OH is 1. The van der Waals surface area contributed by atoms with Crippen molar-refractivity contribution < 1.29 is 28.2 Å². The highest BCUT2D eigenvalue weighted by molar-refractivity contribution is 7.88. The van der Waals surface area contributed by atoms with Gasteiger partial charge in [0.05, 0.1) is 12.9 Å². The molecule has 1 fully saturated rings. The number of carboxylic acids is 1. The van der Waals surface area contributed by atoms with Crippen LogP contribution >= 0.6 is 0 Å². The van der Waals surface area contributed by atoms with Gasteiger partial charge in [0.1, 0.15) is 0 Å². The lowest BCUT2D eigenvalue weighted by Gasteiger charge is -2.33. The topological polar surface area (TPSA) is 127 Å². The number of hydrogen-bond donors (Lipinski definition) is 3. The summed E-state index contributed by atoms with van der Waals surface area (Å²) >= 11 is 0. The second-order valence-corrected chi connectivity index (χ2v) is 6.15. The van der Waals surface area contributed by atoms with Crippen LogP contribution in [0.3, 0.4) is 0 Å². The number of aliphatic hydroxyl groups is 1. The summed E-state index contributed by atoms with van der Waals surface area (Å²) < 4.78 is 23.8. The first kappa shape index (κ1) is 15.7. The maximum atomic E-state index is 11.7. The Balaban J connectivity index is 2.51. The predicted octanol–water partition coefficient (Wildman–Crippen LogP) is -2.28. The minimum absolute atomic E-state index is 0.170. The lowest BCUT2D eigenvalue weighted by Crippen LogP contribution is -2.56. The first-order chi connectivity index (χ1) is 8.75. The van der Waals surface area contributed by atoms with Crippen LogP contribution in [0.4, 0.5) is 4.79 Å². The van der Waals surface area contributed by atoms with Crippen LogP contribution in [0.1, 0.15) is 0 Å². The Labute approximate surface area is 110 Å². The number of rotatable bonds is 4. The smallest absolute Gasteiger partial charge is 0.328 e. The number of nitrogens with zero attached hydrogens (tertiary/aromatic N) is 2. The fourth-order valence-corrected chi connectivity index (χ4v) is 2.48. The van der Waals surface area contributed by atoms with Gasteiger partial charge in [-0.15, -0.1) is 0 Å². The third-order valence-corrected chi connectivity index (χ3v) is 4.08. The van der Waals surface area contributed by atoms with Crippen molar-refractivity contribution >= 4 is 22.0 Å². The van der Waals surface area contributed by atoms with Crippen molar-refractivity contribution in [2.75, 3.05) is 39.0 Å². The summed E-state index contributed by atoms with van der Waals surface area (Å²) in [5.41, 5.74) is 0. The Bertz CT molecular complexity index is 443. The maximum Gasteiger partial charge on any atom is 0.328 e. The Hall–Kier alpha value is -1.39. The van der Waals surface area contributed by atoms with E-state index >= 15 is 0 Å². The minimum Gasteiger partial charge on any atom is -0.480 e. The van der Waals surface area contributed by atoms with Gasteiger partial charge < -0.3 is 20.4 Å². The zero-order valence-electron chi connectivity index (χ0n) is 10.4. The molecule has 2 amide bonds. The van der Waals surface area contributed by atoms with Gasteiger partial charge in [0.25, 0.3) is 0 Å². The summed E-state index contributed by atoms with van der Waals surface area (Å²) in [5, 5.41) is 19.6. The minimum atomic E-state index is -3.28. The van der Waals surface area contributed by atoms with E-state index in [1.54, 1.807) is 0 Å². The van der Waals surface area contributed by atoms with Crippen molar-refractivity contribution in [1.29, 1.82) is 0 Å². The summed E-state index contributed by atoms with van der Waals surface area (Å²) in [4.78, 5) is 23.7. The van der Waals surface area contributed by atoms with Crippen LogP contribution in [-0.2, 0) is 14.8 Å². The summed E-state index contributed by atoms with van der Waals surface area (Å²) in [6, 6.07) is -1.99. The number of hydrogen-bond acceptors (Lipinski definition) is 5. The van der Waals surface area contributed by atoms with E-state index in [0.717, 1.165) is 6.26 Å². The number of aliphatic carboxylic acids is 1. The van der Waals surface area contributed by atoms with Crippen LogP contribution in [-0.4, -0.2) is 84.9 Å². The molecule has 0 spiro atoms. The van der Waals surface area contributed by atoms with Crippen LogP contribution in [0.15, 0.2) is 0 Å². The Kier molecular flexibility index (Phi) is 5.09. The number of amides is 2. The zero-order chi connectivity index (χ0) is 14.6. The molecule has 1 aliphatic heterocycles. The van der Waals surface area contributed by atoms with Crippen LogP contribution in [0.5, 0.6) is 0 Å². The van der Waals surface area contributed by atoms with Gasteiger partial charge in [-0.2, -0.15) is 4.31 Å². The molecule has 10 heteroatoms. The number of carboxylic acid groups (broad SMARTS) is 1. The van der Waals surface area contributed by atoms with Crippen molar-refractivity contribution in [2.24, 2.45) is 0 Å². The molecule has 1 atom stereocenters. The summed E-state index contributed by atoms with van der Waals surface area (Å²) in [7, 11) is -3.28. The van der Waals surface area contributed by atoms with E-state index in [4.69, 9.17) is 10.2 Å². The van der Waals surface area contributed by atoms with E-state index in [-0.39, 0.29) is 26.2 Å². The van der Waals surface area contributed by atoms with Crippen LogP contribution in [0.2, 0.25) is 0 Å². The summed E-state index contributed by atoms with van der Waals surface area (Å²) in [6.07, 6.45) is 1.09. The molecule has 0 aromatic carbocycles. The van der Waals surface area contributed by atoms with Crippen molar-refractivity contribution in [3.05, 3.63) is 0 Å². The normalized spacial score (nSPS) is 18.9. The maximum absolute atomic E-state index is 11.7. The van der Waals surface area contributed by atoms with E-state index < -0.39 is 34.7 Å². The van der Waals surface area contributed by atoms with Gasteiger partial charge in [0.2, 0.25) is 10.0 Å². The molecule has 1 heterocycles. The summed E-state index contributed by atoms with van der Waals surface area (Å²) in [6.45, 7) is -0.00997. The van der Waals surface area contributed by atoms with E-state index in [1.165, 1.54) is 9.21 Å². The predicted molar refractivity (Wildman–Crippen MR) is 65.0 cm³/mol. The van der Waals surface area contributed by atoms with Crippen molar-refractivity contribution in [2.45, 2.75) is 6.04 Å². The molecule has 3 N–H and O–H groups in total. The molecule has 1 rings (SSSR count). The molecule has 0 aromatic heterocycles. The first-order valence-corrected chi connectivity index (χ1v) is 7.44. The van der Waals surface area contributed by atoms with E-state index in [9.17, 15) is 18.0 Å². The van der Waals surface area contributed by atoms with Gasteiger partial charge in [-0.05, 0) is 0 Å². The fourth-order valence-electron chi connectivity index (χ4n) is 1.65. The van der Waals surface area contributed by atoms with E-state index in [1.807, 2.05) is 0 Å². The molecule has 0 aliphatic carbocycles. The average molecular weight is 295 g/mol. The lowest BCUT2D eigenvalue weighted by molar-refractivity contribution is -0.140. The van der Waals surface area contributed by atoms with Crippen molar-refractivity contribution in [3.8, 4) is 0 Å². The molecule has 0 saturated carbocycles. The number of urea groups is 1. The standard InChI is InChI=1S/C9H17N3O6S/c1-19(17,18)12-4-2-11(3-5-12)9(16)10-7(6-13)8(14)15/h7,13H,2-6H2,1H3,(H,10,16)(H,14,15)/t7-/m1/s1. The van der Waals surface area contributed by atoms with Gasteiger partial charge in [0.15, 0.2) is 6.04 Å². The molecular weight excluding hydrogens is 278 g/mol. The van der Waals surface area contributed by atoms with Gasteiger partial charge >= 0.3 is 12.0 Å². The monoisotopic (exact) mass is 295 g/mol. The van der Waals surface area contributed by atoms with Crippen LogP contribution < -0.4 is 5.32 Å². The van der Waals surface area contributed by atoms with Crippen LogP contribution in [0, 0.1) is 0 Å². The average Bonchev–Trinajstić information content (AvgIpc) is 2.34. The third kappa shape index (κ3) is 4.33. The number of nitrogens with one attached hydrogen (secondary N) is 1. The molecule has 1 saturated heterocycles. The summed E-state index contributed by atoms with van der Waals surface area (Å²) in [5.74, 6) is -1.33. The molecule has 0 bridgehead atoms. The second-order valence-electron chi connectivity index (χ2n) is 4.17. The molecule has 19 heavy (non-hydrogen) atoms. The Morgan fingerprint density at radius 1 is 1.26 bits per heavy atom. The Morgan fingerprint density at radius 3 is 2.16 bits per heavy atom. The number of carbonyl (C=O) groups is 2. The molecular formula is C9H17N3O6S. The third-order valence-electron chi connectivity index (χ3n) is 2.77. The highest BCUT2D eigenvalue weighted by atomic mass is 32.2. The van der Waals surface area contributed by atoms with Gasteiger partial charge in [-0.25, -0.2) is 18.0 Å². The molecule has 0 aromatic rings. The van der Waals surface area contributed by atoms with Gasteiger partial charge in [-0.3, -0.25) is 0 Å². The molecule has 0 unspecified atom stereocenters. The quantitative estimate of drug-likeness (QED) is 0.536. The second kappa shape index (κ2) is 6.17. The SMILES string of the molecule is CS(=O)(=O)N1CCN(C(=O)N[C@H](CO)C(=O)O)CC1. The van der Waals surface area contributed by atoms with Gasteiger partial charge in [-0.1, -0.05) is 0 Å². The fraction of sp³-hybridized carbons (Fsp3) is 0.778. The van der Waals surface area contributed by atoms with Crippen LogP contribution in [0.25, 0.3) is 0 Å². The number of sulfonamides is 1. The van der Waals surface area contributed by atoms with Crippen molar-refractivity contribution in [1.82, 2.24) is 14.5 Å². The Morgan fingerprint density at radius 2 is 1.79 bits per heavy atom. The molecule has 9 nitrogen and oxygen atoms in total. The van der Waals surface area contributed by atoms with E-state index in [0.29, 0.717) is 0 Å². The largest absolute Gasteiger partial charge is 0.480 e. The highest BCUT2D eigenvalue weighted by Crippen LogP contribution is 2.06. The highest BCUT2D eigenvalue weighted by Gasteiger charge is 2.28.